The largest absolute Gasteiger partial charge is 0.507 e. The average Bonchev–Trinajstić information content (AvgIpc) is 3.27. The summed E-state index contributed by atoms with van der Waals surface area (Å²) in [6.45, 7) is 2.66. The number of likely N-dealkylation sites (tertiary alicyclic amines) is 1. The van der Waals surface area contributed by atoms with Crippen LogP contribution in [0.4, 0.5) is 0 Å². The Morgan fingerprint density at radius 2 is 1.96 bits per heavy atom. The van der Waals surface area contributed by atoms with Gasteiger partial charge in [0.15, 0.2) is 0 Å². The molecule has 2 heterocycles. The Morgan fingerprint density at radius 1 is 1.23 bits per heavy atom. The molecule has 5 nitrogen and oxygen atoms in total. The van der Waals surface area contributed by atoms with E-state index in [-0.39, 0.29) is 17.9 Å². The van der Waals surface area contributed by atoms with Gasteiger partial charge in [-0.25, -0.2) is 0 Å². The van der Waals surface area contributed by atoms with Crippen molar-refractivity contribution in [2.45, 2.75) is 19.4 Å². The summed E-state index contributed by atoms with van der Waals surface area (Å²) in [5.41, 5.74) is 1.81. The van der Waals surface area contributed by atoms with Crippen molar-refractivity contribution in [1.82, 2.24) is 4.90 Å². The summed E-state index contributed by atoms with van der Waals surface area (Å²) in [6, 6.07) is 10.5. The van der Waals surface area contributed by atoms with Gasteiger partial charge in [0.25, 0.3) is 11.7 Å². The molecule has 0 bridgehead atoms. The van der Waals surface area contributed by atoms with E-state index in [2.05, 4.69) is 0 Å². The van der Waals surface area contributed by atoms with Crippen LogP contribution in [0.2, 0.25) is 0 Å². The second-order valence-corrected chi connectivity index (χ2v) is 7.03. The molecular formula is C20H21NO4S. The highest BCUT2D eigenvalue weighted by Gasteiger charge is 2.46. The molecular weight excluding hydrogens is 350 g/mol. The van der Waals surface area contributed by atoms with Gasteiger partial charge in [-0.05, 0) is 23.4 Å². The van der Waals surface area contributed by atoms with Gasteiger partial charge in [-0.3, -0.25) is 9.59 Å². The summed E-state index contributed by atoms with van der Waals surface area (Å²) in [6.07, 6.45) is 0.887. The van der Waals surface area contributed by atoms with Crippen molar-refractivity contribution in [3.63, 3.8) is 0 Å². The number of ketones is 1. The van der Waals surface area contributed by atoms with Crippen LogP contribution in [0.25, 0.3) is 5.76 Å². The molecule has 26 heavy (non-hydrogen) atoms. The van der Waals surface area contributed by atoms with Crippen molar-refractivity contribution in [3.8, 4) is 0 Å². The fourth-order valence-corrected chi connectivity index (χ4v) is 3.94. The maximum atomic E-state index is 12.7. The Kier molecular flexibility index (Phi) is 5.54. The van der Waals surface area contributed by atoms with Crippen molar-refractivity contribution in [1.29, 1.82) is 0 Å². The molecule has 3 rings (SSSR count). The summed E-state index contributed by atoms with van der Waals surface area (Å²) >= 11 is 1.45. The first-order valence-electron chi connectivity index (χ1n) is 8.48. The van der Waals surface area contributed by atoms with E-state index in [1.807, 2.05) is 36.6 Å². The number of amides is 1. The molecule has 1 aromatic heterocycles. The molecule has 1 unspecified atom stereocenters. The number of aliphatic hydroxyl groups excluding tert-OH is 1. The Balaban J connectivity index is 2.09. The Hall–Kier alpha value is -2.44. The van der Waals surface area contributed by atoms with Crippen LogP contribution in [-0.2, 0) is 20.7 Å². The van der Waals surface area contributed by atoms with Crippen LogP contribution in [-0.4, -0.2) is 42.0 Å². The van der Waals surface area contributed by atoms with E-state index in [9.17, 15) is 14.7 Å². The lowest BCUT2D eigenvalue weighted by Crippen LogP contribution is -2.32. The lowest BCUT2D eigenvalue weighted by Gasteiger charge is -2.23. The molecule has 1 aliphatic heterocycles. The van der Waals surface area contributed by atoms with Gasteiger partial charge in [-0.1, -0.05) is 37.3 Å². The van der Waals surface area contributed by atoms with Gasteiger partial charge in [0, 0.05) is 24.1 Å². The third-order valence-corrected chi connectivity index (χ3v) is 5.45. The van der Waals surface area contributed by atoms with E-state index in [0.29, 0.717) is 12.2 Å². The van der Waals surface area contributed by atoms with Crippen LogP contribution >= 0.6 is 11.3 Å². The summed E-state index contributed by atoms with van der Waals surface area (Å²) in [7, 11) is 1.55. The number of hydrogen-bond acceptors (Lipinski definition) is 5. The van der Waals surface area contributed by atoms with Crippen LogP contribution in [0.15, 0.2) is 47.4 Å². The molecule has 1 atom stereocenters. The van der Waals surface area contributed by atoms with Crippen LogP contribution in [0.1, 0.15) is 29.0 Å². The van der Waals surface area contributed by atoms with Gasteiger partial charge >= 0.3 is 0 Å². The molecule has 1 fully saturated rings. The molecule has 0 radical (unpaired) electrons. The third-order valence-electron chi connectivity index (χ3n) is 4.52. The minimum atomic E-state index is -0.656. The van der Waals surface area contributed by atoms with Crippen LogP contribution in [0.3, 0.4) is 0 Å². The van der Waals surface area contributed by atoms with E-state index in [4.69, 9.17) is 4.74 Å². The standard InChI is InChI=1S/C20H21NO4S/c1-3-13-6-8-14(9-7-13)18(22)16-17(15-5-4-12-26-15)21(10-11-25-2)20(24)19(16)23/h4-9,12,17,22H,3,10-11H2,1-2H3/b18-16-. The predicted molar refractivity (Wildman–Crippen MR) is 101 cm³/mol. The predicted octanol–water partition coefficient (Wildman–Crippen LogP) is 3.38. The van der Waals surface area contributed by atoms with E-state index >= 15 is 0 Å². The number of aryl methyl sites for hydroxylation is 1. The van der Waals surface area contributed by atoms with Gasteiger partial charge in [0.1, 0.15) is 5.76 Å². The number of methoxy groups -OCH3 is 1. The van der Waals surface area contributed by atoms with Crippen molar-refractivity contribution in [3.05, 3.63) is 63.4 Å². The Morgan fingerprint density at radius 3 is 2.54 bits per heavy atom. The summed E-state index contributed by atoms with van der Waals surface area (Å²) < 4.78 is 5.08. The third kappa shape index (κ3) is 3.30. The van der Waals surface area contributed by atoms with E-state index < -0.39 is 17.7 Å². The number of aliphatic hydroxyl groups is 1. The molecule has 136 valence electrons. The molecule has 1 aliphatic rings. The molecule has 6 heteroatoms. The fraction of sp³-hybridized carbons (Fsp3) is 0.300. The molecule has 0 spiro atoms. The van der Waals surface area contributed by atoms with Gasteiger partial charge in [0.2, 0.25) is 0 Å². The minimum Gasteiger partial charge on any atom is -0.507 e. The van der Waals surface area contributed by atoms with Crippen molar-refractivity contribution in [2.24, 2.45) is 0 Å². The summed E-state index contributed by atoms with van der Waals surface area (Å²) in [5, 5.41) is 12.7. The number of ether oxygens (including phenoxy) is 1. The highest BCUT2D eigenvalue weighted by Crippen LogP contribution is 2.40. The first-order valence-corrected chi connectivity index (χ1v) is 9.36. The number of hydrogen-bond donors (Lipinski definition) is 1. The van der Waals surface area contributed by atoms with Crippen LogP contribution in [0, 0.1) is 0 Å². The molecule has 1 saturated heterocycles. The van der Waals surface area contributed by atoms with Crippen LogP contribution < -0.4 is 0 Å². The molecule has 1 N–H and O–H groups in total. The second-order valence-electron chi connectivity index (χ2n) is 6.05. The number of carbonyl (C=O) groups excluding carboxylic acids is 2. The monoisotopic (exact) mass is 371 g/mol. The summed E-state index contributed by atoms with van der Waals surface area (Å²) in [4.78, 5) is 27.5. The quantitative estimate of drug-likeness (QED) is 0.480. The smallest absolute Gasteiger partial charge is 0.295 e. The first kappa shape index (κ1) is 18.4. The number of benzene rings is 1. The van der Waals surface area contributed by atoms with Crippen LogP contribution in [0.5, 0.6) is 0 Å². The lowest BCUT2D eigenvalue weighted by atomic mass is 9.99. The van der Waals surface area contributed by atoms with E-state index in [1.165, 1.54) is 16.2 Å². The maximum absolute atomic E-state index is 12.7. The van der Waals surface area contributed by atoms with E-state index in [0.717, 1.165) is 16.9 Å². The van der Waals surface area contributed by atoms with Gasteiger partial charge in [0.05, 0.1) is 18.2 Å². The molecule has 2 aromatic rings. The maximum Gasteiger partial charge on any atom is 0.295 e. The summed E-state index contributed by atoms with van der Waals surface area (Å²) in [5.74, 6) is -1.40. The van der Waals surface area contributed by atoms with E-state index in [1.54, 1.807) is 19.2 Å². The average molecular weight is 371 g/mol. The fourth-order valence-electron chi connectivity index (χ4n) is 3.10. The number of thiophene rings is 1. The second kappa shape index (κ2) is 7.85. The zero-order valence-corrected chi connectivity index (χ0v) is 15.6. The minimum absolute atomic E-state index is 0.135. The first-order chi connectivity index (χ1) is 12.6. The highest BCUT2D eigenvalue weighted by molar-refractivity contribution is 7.10. The lowest BCUT2D eigenvalue weighted by molar-refractivity contribution is -0.140. The number of carbonyl (C=O) groups is 2. The van der Waals surface area contributed by atoms with Crippen molar-refractivity contribution < 1.29 is 19.4 Å². The number of rotatable bonds is 6. The topological polar surface area (TPSA) is 66.8 Å². The number of Topliss-reactive ketones (excluding diaryl/α,β-unsaturated/α-hetero) is 1. The van der Waals surface area contributed by atoms with Crippen molar-refractivity contribution in [2.75, 3.05) is 20.3 Å². The Labute approximate surface area is 156 Å². The molecule has 1 aromatic carbocycles. The zero-order valence-electron chi connectivity index (χ0n) is 14.8. The molecule has 0 saturated carbocycles. The number of nitrogens with zero attached hydrogens (tertiary/aromatic N) is 1. The zero-order chi connectivity index (χ0) is 18.7. The van der Waals surface area contributed by atoms with Gasteiger partial charge in [-0.15, -0.1) is 11.3 Å². The van der Waals surface area contributed by atoms with Gasteiger partial charge < -0.3 is 14.7 Å². The SMILES string of the molecule is CCc1ccc(/C(O)=C2/C(=O)C(=O)N(CCOC)C2c2cccs2)cc1. The molecule has 0 aliphatic carbocycles. The Bertz CT molecular complexity index is 824. The highest BCUT2D eigenvalue weighted by atomic mass is 32.1. The van der Waals surface area contributed by atoms with Crippen molar-refractivity contribution >= 4 is 28.8 Å². The normalized spacial score (nSPS) is 19.3. The van der Waals surface area contributed by atoms with Gasteiger partial charge in [-0.2, -0.15) is 0 Å². The molecule has 1 amide bonds.